The third kappa shape index (κ3) is 2.81. The molecule has 76 valence electrons. The summed E-state index contributed by atoms with van der Waals surface area (Å²) in [5.41, 5.74) is 0.161. The molecule has 0 saturated heterocycles. The van der Waals surface area contributed by atoms with E-state index in [1.165, 1.54) is 25.1 Å². The molecule has 0 amide bonds. The van der Waals surface area contributed by atoms with Gasteiger partial charge in [0.15, 0.2) is 5.78 Å². The van der Waals surface area contributed by atoms with E-state index >= 15 is 0 Å². The molecule has 0 aliphatic heterocycles. The fourth-order valence-electron chi connectivity index (χ4n) is 0.994. The number of Topliss-reactive ketones (excluding diaryl/α,β-unsaturated/α-hetero) is 1. The van der Waals surface area contributed by atoms with Gasteiger partial charge in [0.25, 0.3) is 0 Å². The van der Waals surface area contributed by atoms with Crippen molar-refractivity contribution in [1.82, 2.24) is 0 Å². The van der Waals surface area contributed by atoms with Gasteiger partial charge in [0.1, 0.15) is 5.75 Å². The third-order valence-electron chi connectivity index (χ3n) is 1.51. The number of aliphatic hydroxyl groups is 3. The van der Waals surface area contributed by atoms with E-state index in [1.807, 2.05) is 0 Å². The molecule has 5 heteroatoms. The summed E-state index contributed by atoms with van der Waals surface area (Å²) in [7, 11) is 0. The lowest BCUT2D eigenvalue weighted by atomic mass is 10.1. The molecule has 14 heavy (non-hydrogen) atoms. The van der Waals surface area contributed by atoms with Crippen molar-refractivity contribution in [1.29, 1.82) is 0 Å². The van der Waals surface area contributed by atoms with Gasteiger partial charge in [-0.05, 0) is 19.1 Å². The molecular formula is C9H10O5. The molecule has 1 aromatic carbocycles. The molecular weight excluding hydrogens is 188 g/mol. The molecule has 1 aromatic rings. The number of hydrogen-bond donors (Lipinski definition) is 3. The highest BCUT2D eigenvalue weighted by Gasteiger charge is 2.23. The average Bonchev–Trinajstić information content (AvgIpc) is 2.01. The van der Waals surface area contributed by atoms with Crippen LogP contribution in [0.4, 0.5) is 0 Å². The second-order valence-corrected chi connectivity index (χ2v) is 2.73. The molecule has 1 rings (SSSR count). The molecule has 3 N–H and O–H groups in total. The lowest BCUT2D eigenvalue weighted by Crippen LogP contribution is -2.35. The number of rotatable bonds is 3. The van der Waals surface area contributed by atoms with E-state index in [0.717, 1.165) is 0 Å². The van der Waals surface area contributed by atoms with Crippen LogP contribution < -0.4 is 4.74 Å². The third-order valence-corrected chi connectivity index (χ3v) is 1.51. The second-order valence-electron chi connectivity index (χ2n) is 2.73. The molecule has 0 radical (unpaired) electrons. The molecule has 0 saturated carbocycles. The van der Waals surface area contributed by atoms with Gasteiger partial charge in [0.2, 0.25) is 0 Å². The van der Waals surface area contributed by atoms with Crippen LogP contribution in [0, 0.1) is 0 Å². The van der Waals surface area contributed by atoms with Crippen molar-refractivity contribution in [2.45, 2.75) is 13.1 Å². The quantitative estimate of drug-likeness (QED) is 0.464. The van der Waals surface area contributed by atoms with Crippen molar-refractivity contribution in [2.75, 3.05) is 0 Å². The zero-order valence-corrected chi connectivity index (χ0v) is 7.47. The van der Waals surface area contributed by atoms with Crippen LogP contribution in [0.2, 0.25) is 0 Å². The van der Waals surface area contributed by atoms with E-state index < -0.39 is 6.16 Å². The summed E-state index contributed by atoms with van der Waals surface area (Å²) < 4.78 is 4.34. The number of hydrogen-bond acceptors (Lipinski definition) is 5. The van der Waals surface area contributed by atoms with E-state index in [2.05, 4.69) is 4.74 Å². The Morgan fingerprint density at radius 3 is 2.36 bits per heavy atom. The van der Waals surface area contributed by atoms with Crippen molar-refractivity contribution in [3.8, 4) is 5.75 Å². The van der Waals surface area contributed by atoms with Gasteiger partial charge in [-0.2, -0.15) is 0 Å². The van der Waals surface area contributed by atoms with Crippen LogP contribution in [0.5, 0.6) is 5.75 Å². The van der Waals surface area contributed by atoms with Gasteiger partial charge >= 0.3 is 6.16 Å². The highest BCUT2D eigenvalue weighted by Crippen LogP contribution is 2.20. The van der Waals surface area contributed by atoms with Gasteiger partial charge in [-0.3, -0.25) is 4.79 Å². The number of ketones is 1. The number of para-hydroxylation sites is 1. The summed E-state index contributed by atoms with van der Waals surface area (Å²) in [5, 5.41) is 25.7. The molecule has 0 aliphatic carbocycles. The van der Waals surface area contributed by atoms with Crippen molar-refractivity contribution in [3.05, 3.63) is 29.8 Å². The van der Waals surface area contributed by atoms with Crippen LogP contribution >= 0.6 is 0 Å². The van der Waals surface area contributed by atoms with Crippen molar-refractivity contribution in [2.24, 2.45) is 0 Å². The normalized spacial score (nSPS) is 11.1. The fourth-order valence-corrected chi connectivity index (χ4v) is 0.994. The lowest BCUT2D eigenvalue weighted by Gasteiger charge is -2.16. The first-order chi connectivity index (χ1) is 6.40. The zero-order chi connectivity index (χ0) is 10.8. The summed E-state index contributed by atoms with van der Waals surface area (Å²) in [6.45, 7) is 1.30. The largest absolute Gasteiger partial charge is 0.453 e. The van der Waals surface area contributed by atoms with Crippen LogP contribution in [0.15, 0.2) is 24.3 Å². The summed E-state index contributed by atoms with van der Waals surface area (Å²) in [6.07, 6.45) is -3.27. The molecule has 0 spiro atoms. The van der Waals surface area contributed by atoms with Crippen molar-refractivity contribution >= 4 is 5.78 Å². The Kier molecular flexibility index (Phi) is 2.85. The molecule has 0 fully saturated rings. The lowest BCUT2D eigenvalue weighted by molar-refractivity contribution is -0.419. The van der Waals surface area contributed by atoms with Crippen molar-refractivity contribution < 1.29 is 24.9 Å². The molecule has 0 heterocycles. The van der Waals surface area contributed by atoms with Gasteiger partial charge in [0.05, 0.1) is 5.56 Å². The van der Waals surface area contributed by atoms with Crippen LogP contribution in [-0.2, 0) is 0 Å². The molecule has 5 nitrogen and oxygen atoms in total. The average molecular weight is 198 g/mol. The predicted octanol–water partition coefficient (Wildman–Crippen LogP) is -0.144. The Bertz CT molecular complexity index is 339. The van der Waals surface area contributed by atoms with E-state index in [1.54, 1.807) is 6.07 Å². The van der Waals surface area contributed by atoms with E-state index in [0.29, 0.717) is 0 Å². The minimum absolute atomic E-state index is 0.0903. The summed E-state index contributed by atoms with van der Waals surface area (Å²) in [4.78, 5) is 11.0. The van der Waals surface area contributed by atoms with Crippen LogP contribution in [-0.4, -0.2) is 27.3 Å². The standard InChI is InChI=1S/C9H10O5/c1-6(10)7-4-2-3-5-8(7)14-9(11,12)13/h2-5,11-13H,1H3. The van der Waals surface area contributed by atoms with E-state index in [-0.39, 0.29) is 17.1 Å². The number of benzene rings is 1. The van der Waals surface area contributed by atoms with Gasteiger partial charge in [-0.15, -0.1) is 0 Å². The van der Waals surface area contributed by atoms with Crippen molar-refractivity contribution in [3.63, 3.8) is 0 Å². The highest BCUT2D eigenvalue weighted by molar-refractivity contribution is 5.96. The summed E-state index contributed by atoms with van der Waals surface area (Å²) >= 11 is 0. The first-order valence-corrected chi connectivity index (χ1v) is 3.86. The minimum atomic E-state index is -3.27. The van der Waals surface area contributed by atoms with Gasteiger partial charge in [0, 0.05) is 0 Å². The van der Waals surface area contributed by atoms with Gasteiger partial charge in [-0.1, -0.05) is 12.1 Å². The first kappa shape index (κ1) is 10.6. The molecule has 0 aliphatic rings. The second kappa shape index (κ2) is 3.75. The minimum Gasteiger partial charge on any atom is -0.416 e. The number of ether oxygens (including phenoxy) is 1. The monoisotopic (exact) mass is 198 g/mol. The summed E-state index contributed by atoms with van der Waals surface area (Å²) in [6, 6.07) is 5.92. The van der Waals surface area contributed by atoms with Crippen LogP contribution in [0.25, 0.3) is 0 Å². The Hall–Kier alpha value is -1.43. The maximum absolute atomic E-state index is 11.0. The van der Waals surface area contributed by atoms with Gasteiger partial charge < -0.3 is 20.1 Å². The summed E-state index contributed by atoms with van der Waals surface area (Å²) in [5.74, 6) is -0.391. The van der Waals surface area contributed by atoms with Gasteiger partial charge in [-0.25, -0.2) is 0 Å². The fraction of sp³-hybridized carbons (Fsp3) is 0.222. The van der Waals surface area contributed by atoms with Crippen LogP contribution in [0.3, 0.4) is 0 Å². The van der Waals surface area contributed by atoms with E-state index in [4.69, 9.17) is 15.3 Å². The van der Waals surface area contributed by atoms with Crippen LogP contribution in [0.1, 0.15) is 17.3 Å². The smallest absolute Gasteiger partial charge is 0.416 e. The number of carbonyl (C=O) groups is 1. The SMILES string of the molecule is CC(=O)c1ccccc1OC(O)(O)O. The molecule has 0 atom stereocenters. The topological polar surface area (TPSA) is 87.0 Å². The predicted molar refractivity (Wildman–Crippen MR) is 46.5 cm³/mol. The molecule has 0 unspecified atom stereocenters. The Labute approximate surface area is 80.2 Å². The highest BCUT2D eigenvalue weighted by atomic mass is 16.9. The maximum Gasteiger partial charge on any atom is 0.453 e. The van der Waals surface area contributed by atoms with E-state index in [9.17, 15) is 4.79 Å². The Morgan fingerprint density at radius 1 is 1.29 bits per heavy atom. The number of carbonyl (C=O) groups excluding carboxylic acids is 1. The Balaban J connectivity index is 3.02. The zero-order valence-electron chi connectivity index (χ0n) is 7.47. The first-order valence-electron chi connectivity index (χ1n) is 3.86. The molecule has 0 aromatic heterocycles. The Morgan fingerprint density at radius 2 is 1.86 bits per heavy atom. The molecule has 0 bridgehead atoms. The maximum atomic E-state index is 11.0.